The summed E-state index contributed by atoms with van der Waals surface area (Å²) in [6.45, 7) is 0. The molecule has 0 bridgehead atoms. The van der Waals surface area contributed by atoms with Crippen molar-refractivity contribution < 1.29 is 9.47 Å². The molecule has 0 saturated heterocycles. The van der Waals surface area contributed by atoms with Crippen LogP contribution in [0.15, 0.2) is 78.1 Å². The largest absolute Gasteiger partial charge is 0.497 e. The van der Waals surface area contributed by atoms with E-state index in [1.165, 1.54) is 11.8 Å². The predicted octanol–water partition coefficient (Wildman–Crippen LogP) is 5.91. The molecule has 5 aromatic rings. The first-order valence-corrected chi connectivity index (χ1v) is 12.3. The van der Waals surface area contributed by atoms with Crippen LogP contribution in [0.2, 0.25) is 0 Å². The van der Waals surface area contributed by atoms with E-state index in [-0.39, 0.29) is 0 Å². The number of nitriles is 1. The van der Waals surface area contributed by atoms with Gasteiger partial charge in [0.1, 0.15) is 33.9 Å². The Bertz CT molecular complexity index is 1650. The minimum atomic E-state index is 0.311. The van der Waals surface area contributed by atoms with Crippen LogP contribution in [0.25, 0.3) is 16.9 Å². The smallest absolute Gasteiger partial charge is 0.177 e. The van der Waals surface area contributed by atoms with E-state index < -0.39 is 0 Å². The molecule has 180 valence electrons. The fraction of sp³-hybridized carbons (Fsp3) is 0.0714. The van der Waals surface area contributed by atoms with Crippen molar-refractivity contribution in [3.05, 3.63) is 84.2 Å². The lowest BCUT2D eigenvalue weighted by Gasteiger charge is -2.11. The van der Waals surface area contributed by atoms with E-state index in [0.29, 0.717) is 44.8 Å². The number of methoxy groups -OCH3 is 1. The molecular weight excluding hydrogens is 484 g/mol. The summed E-state index contributed by atoms with van der Waals surface area (Å²) in [5.41, 5.74) is 3.55. The lowest BCUT2D eigenvalue weighted by Crippen LogP contribution is -2.03. The fourth-order valence-corrected chi connectivity index (χ4v) is 4.33. The van der Waals surface area contributed by atoms with Crippen molar-refractivity contribution in [1.82, 2.24) is 19.6 Å². The first kappa shape index (κ1) is 23.7. The van der Waals surface area contributed by atoms with Crippen LogP contribution in [0.5, 0.6) is 17.2 Å². The van der Waals surface area contributed by atoms with Crippen molar-refractivity contribution in [3.63, 3.8) is 0 Å². The molecule has 0 fully saturated rings. The van der Waals surface area contributed by atoms with E-state index in [2.05, 4.69) is 27.3 Å². The van der Waals surface area contributed by atoms with E-state index in [1.807, 2.05) is 54.8 Å². The van der Waals surface area contributed by atoms with E-state index in [0.717, 1.165) is 17.0 Å². The number of aromatic nitrogens is 4. The van der Waals surface area contributed by atoms with Gasteiger partial charge in [-0.2, -0.15) is 5.26 Å². The number of nitrogens with zero attached hydrogens (tertiary/aromatic N) is 5. The van der Waals surface area contributed by atoms with Crippen molar-refractivity contribution in [3.8, 4) is 46.9 Å². The highest BCUT2D eigenvalue weighted by Gasteiger charge is 2.22. The Morgan fingerprint density at radius 1 is 0.946 bits per heavy atom. The summed E-state index contributed by atoms with van der Waals surface area (Å²) in [7, 11) is 1.61. The van der Waals surface area contributed by atoms with Gasteiger partial charge in [-0.3, -0.25) is 4.98 Å². The molecule has 0 radical (unpaired) electrons. The molecule has 0 spiro atoms. The van der Waals surface area contributed by atoms with E-state index in [4.69, 9.17) is 21.0 Å². The van der Waals surface area contributed by atoms with Crippen LogP contribution in [0, 0.1) is 23.7 Å². The number of thioether (sulfide) groups is 1. The summed E-state index contributed by atoms with van der Waals surface area (Å²) in [6, 6.07) is 20.7. The maximum Gasteiger partial charge on any atom is 0.177 e. The summed E-state index contributed by atoms with van der Waals surface area (Å²) in [5, 5.41) is 18.6. The minimum absolute atomic E-state index is 0.311. The van der Waals surface area contributed by atoms with Crippen molar-refractivity contribution in [1.29, 1.82) is 5.26 Å². The van der Waals surface area contributed by atoms with Gasteiger partial charge in [-0.1, -0.05) is 5.92 Å². The number of terminal acetylenes is 1. The van der Waals surface area contributed by atoms with Gasteiger partial charge in [0.2, 0.25) is 0 Å². The maximum atomic E-state index is 10.0. The highest BCUT2D eigenvalue weighted by Crippen LogP contribution is 2.34. The van der Waals surface area contributed by atoms with Gasteiger partial charge in [0.15, 0.2) is 11.5 Å². The molecule has 0 saturated carbocycles. The number of hydrogen-bond acceptors (Lipinski definition) is 8. The Morgan fingerprint density at radius 2 is 1.62 bits per heavy atom. The number of rotatable bonds is 7. The number of fused-ring (bicyclic) bond motifs is 1. The van der Waals surface area contributed by atoms with Crippen LogP contribution in [0.4, 0.5) is 11.5 Å². The highest BCUT2D eigenvalue weighted by molar-refractivity contribution is 7.98. The summed E-state index contributed by atoms with van der Waals surface area (Å²) in [6.07, 6.45) is 11.1. The Balaban J connectivity index is 1.57. The van der Waals surface area contributed by atoms with Gasteiger partial charge < -0.3 is 14.8 Å². The zero-order valence-electron chi connectivity index (χ0n) is 20.0. The topological polar surface area (TPSA) is 97.4 Å². The van der Waals surface area contributed by atoms with Crippen LogP contribution in [0.1, 0.15) is 11.1 Å². The normalized spacial score (nSPS) is 10.5. The summed E-state index contributed by atoms with van der Waals surface area (Å²) in [5.74, 6) is 5.20. The molecule has 1 N–H and O–H groups in total. The SMILES string of the molecule is C#Cc1c(SC)nc2c(C#N)c(Nc3ccc(Oc4ccncc4)cc3)nn2c1-c1ccc(OC)cc1. The lowest BCUT2D eigenvalue weighted by atomic mass is 10.1. The molecule has 0 amide bonds. The Labute approximate surface area is 217 Å². The van der Waals surface area contributed by atoms with Gasteiger partial charge in [0.25, 0.3) is 0 Å². The van der Waals surface area contributed by atoms with Crippen molar-refractivity contribution >= 4 is 28.9 Å². The number of pyridine rings is 1. The highest BCUT2D eigenvalue weighted by atomic mass is 32.2. The number of anilines is 2. The Morgan fingerprint density at radius 3 is 2.24 bits per heavy atom. The third kappa shape index (κ3) is 4.64. The van der Waals surface area contributed by atoms with Gasteiger partial charge >= 0.3 is 0 Å². The average Bonchev–Trinajstić information content (AvgIpc) is 3.29. The molecule has 0 unspecified atom stereocenters. The van der Waals surface area contributed by atoms with Gasteiger partial charge in [-0.25, -0.2) is 9.50 Å². The van der Waals surface area contributed by atoms with E-state index >= 15 is 0 Å². The maximum absolute atomic E-state index is 10.0. The van der Waals surface area contributed by atoms with Crippen LogP contribution >= 0.6 is 11.8 Å². The molecule has 8 nitrogen and oxygen atoms in total. The quantitative estimate of drug-likeness (QED) is 0.166. The van der Waals surface area contributed by atoms with Crippen LogP contribution in [0.3, 0.4) is 0 Å². The standard InChI is InChI=1S/C28H20N6O2S/c1-4-23-25(18-5-9-20(35-2)10-6-18)34-27(32-28(23)37-3)24(17-29)26(33-34)31-19-7-11-21(12-8-19)36-22-13-15-30-16-14-22/h1,5-16H,2-3H3,(H,31,33). The molecule has 3 heterocycles. The Hall–Kier alpha value is -4.99. The molecule has 0 aliphatic rings. The lowest BCUT2D eigenvalue weighted by molar-refractivity contribution is 0.415. The van der Waals surface area contributed by atoms with Crippen molar-refractivity contribution in [2.24, 2.45) is 0 Å². The molecule has 5 rings (SSSR count). The molecule has 0 atom stereocenters. The van der Waals surface area contributed by atoms with Gasteiger partial charge in [0, 0.05) is 23.6 Å². The number of nitrogens with one attached hydrogen (secondary N) is 1. The second kappa shape index (κ2) is 10.3. The number of hydrogen-bond donors (Lipinski definition) is 1. The predicted molar refractivity (Wildman–Crippen MR) is 143 cm³/mol. The zero-order chi connectivity index (χ0) is 25.8. The zero-order valence-corrected chi connectivity index (χ0v) is 20.8. The first-order valence-electron chi connectivity index (χ1n) is 11.1. The first-order chi connectivity index (χ1) is 18.1. The van der Waals surface area contributed by atoms with Gasteiger partial charge in [-0.05, 0) is 66.9 Å². The van der Waals surface area contributed by atoms with Gasteiger partial charge in [0.05, 0.1) is 18.4 Å². The third-order valence-electron chi connectivity index (χ3n) is 5.55. The van der Waals surface area contributed by atoms with E-state index in [1.54, 1.807) is 36.2 Å². The van der Waals surface area contributed by atoms with E-state index in [9.17, 15) is 5.26 Å². The second-order valence-corrected chi connectivity index (χ2v) is 8.52. The van der Waals surface area contributed by atoms with Gasteiger partial charge in [-0.15, -0.1) is 23.3 Å². The van der Waals surface area contributed by atoms with Crippen LogP contribution in [-0.2, 0) is 0 Å². The van der Waals surface area contributed by atoms with Crippen molar-refractivity contribution in [2.45, 2.75) is 5.03 Å². The number of ether oxygens (including phenoxy) is 2. The molecule has 0 aliphatic heterocycles. The molecule has 9 heteroatoms. The number of benzene rings is 2. The second-order valence-electron chi connectivity index (χ2n) is 7.72. The third-order valence-corrected chi connectivity index (χ3v) is 6.23. The summed E-state index contributed by atoms with van der Waals surface area (Å²) >= 11 is 1.42. The molecular formula is C28H20N6O2S. The monoisotopic (exact) mass is 504 g/mol. The minimum Gasteiger partial charge on any atom is -0.497 e. The fourth-order valence-electron chi connectivity index (χ4n) is 3.80. The van der Waals surface area contributed by atoms with Crippen LogP contribution in [-0.4, -0.2) is 32.9 Å². The molecule has 2 aromatic carbocycles. The van der Waals surface area contributed by atoms with Crippen molar-refractivity contribution in [2.75, 3.05) is 18.7 Å². The summed E-state index contributed by atoms with van der Waals surface area (Å²) < 4.78 is 12.8. The average molecular weight is 505 g/mol. The summed E-state index contributed by atoms with van der Waals surface area (Å²) in [4.78, 5) is 8.68. The Kier molecular flexibility index (Phi) is 6.62. The molecule has 37 heavy (non-hydrogen) atoms. The molecule has 3 aromatic heterocycles. The van der Waals surface area contributed by atoms with Crippen LogP contribution < -0.4 is 14.8 Å². The molecule has 0 aliphatic carbocycles.